The number of sulfone groups is 1. The maximum Gasteiger partial charge on any atom is 0.171 e. The SMILES string of the molecule is CCS(=O)(=O)C1(c2cc(N3CCOC[C@@H]3C)nc(-c3ccc(NC(=S)NCc4ncc[nH]4)cc3)n2)CCC1. The van der Waals surface area contributed by atoms with Gasteiger partial charge in [-0.1, -0.05) is 6.92 Å². The van der Waals surface area contributed by atoms with E-state index in [0.29, 0.717) is 55.8 Å². The van der Waals surface area contributed by atoms with E-state index in [9.17, 15) is 8.42 Å². The van der Waals surface area contributed by atoms with Crippen molar-refractivity contribution in [2.45, 2.75) is 50.4 Å². The Labute approximate surface area is 228 Å². The van der Waals surface area contributed by atoms with Crippen molar-refractivity contribution < 1.29 is 13.2 Å². The third-order valence-corrected chi connectivity index (χ3v) is 10.2. The Kier molecular flexibility index (Phi) is 7.64. The number of anilines is 2. The summed E-state index contributed by atoms with van der Waals surface area (Å²) in [5.41, 5.74) is 2.21. The normalized spacial score (nSPS) is 19.0. The van der Waals surface area contributed by atoms with Gasteiger partial charge in [-0.15, -0.1) is 0 Å². The van der Waals surface area contributed by atoms with Crippen LogP contribution in [0.2, 0.25) is 0 Å². The molecule has 1 saturated heterocycles. The number of hydrogen-bond donors (Lipinski definition) is 3. The highest BCUT2D eigenvalue weighted by Crippen LogP contribution is 2.48. The number of nitrogens with zero attached hydrogens (tertiary/aromatic N) is 4. The first-order valence-electron chi connectivity index (χ1n) is 12.9. The Balaban J connectivity index is 1.43. The molecule has 3 aromatic rings. The lowest BCUT2D eigenvalue weighted by molar-refractivity contribution is 0.0985. The molecule has 38 heavy (non-hydrogen) atoms. The summed E-state index contributed by atoms with van der Waals surface area (Å²) >= 11 is 5.40. The van der Waals surface area contributed by atoms with E-state index >= 15 is 0 Å². The van der Waals surface area contributed by atoms with E-state index < -0.39 is 14.6 Å². The van der Waals surface area contributed by atoms with Crippen molar-refractivity contribution in [2.75, 3.05) is 35.7 Å². The van der Waals surface area contributed by atoms with Crippen LogP contribution in [0.25, 0.3) is 11.4 Å². The minimum atomic E-state index is -3.35. The number of rotatable bonds is 8. The van der Waals surface area contributed by atoms with Crippen molar-refractivity contribution in [3.63, 3.8) is 0 Å². The summed E-state index contributed by atoms with van der Waals surface area (Å²) < 4.78 is 31.2. The van der Waals surface area contributed by atoms with Crippen LogP contribution in [0.5, 0.6) is 0 Å². The average molecular weight is 556 g/mol. The van der Waals surface area contributed by atoms with E-state index in [1.165, 1.54) is 0 Å². The van der Waals surface area contributed by atoms with Crippen LogP contribution in [0, 0.1) is 0 Å². The maximum atomic E-state index is 13.3. The molecule has 2 aromatic heterocycles. The molecule has 1 saturated carbocycles. The number of thiocarbonyl (C=S) groups is 1. The predicted octanol–water partition coefficient (Wildman–Crippen LogP) is 3.39. The second-order valence-corrected chi connectivity index (χ2v) is 12.7. The molecule has 10 nitrogen and oxygen atoms in total. The monoisotopic (exact) mass is 555 g/mol. The largest absolute Gasteiger partial charge is 0.377 e. The highest BCUT2D eigenvalue weighted by molar-refractivity contribution is 7.92. The van der Waals surface area contributed by atoms with Gasteiger partial charge in [0.05, 0.1) is 31.5 Å². The van der Waals surface area contributed by atoms with E-state index in [0.717, 1.165) is 29.3 Å². The molecule has 0 bridgehead atoms. The number of morpholine rings is 1. The van der Waals surface area contributed by atoms with Crippen molar-refractivity contribution in [1.82, 2.24) is 25.3 Å². The summed E-state index contributed by atoms with van der Waals surface area (Å²) in [6, 6.07) is 9.67. The minimum absolute atomic E-state index is 0.0872. The highest BCUT2D eigenvalue weighted by Gasteiger charge is 2.51. The molecule has 12 heteroatoms. The van der Waals surface area contributed by atoms with Crippen LogP contribution in [0.3, 0.4) is 0 Å². The van der Waals surface area contributed by atoms with Gasteiger partial charge in [0.1, 0.15) is 16.4 Å². The molecule has 0 amide bonds. The first-order valence-corrected chi connectivity index (χ1v) is 15.0. The van der Waals surface area contributed by atoms with E-state index in [1.54, 1.807) is 19.3 Å². The zero-order valence-electron chi connectivity index (χ0n) is 21.6. The molecular weight excluding hydrogens is 522 g/mol. The molecule has 0 spiro atoms. The Morgan fingerprint density at radius 3 is 2.68 bits per heavy atom. The molecule has 2 fully saturated rings. The summed E-state index contributed by atoms with van der Waals surface area (Å²) in [7, 11) is -3.35. The number of aromatic amines is 1. The number of ether oxygens (including phenoxy) is 1. The van der Waals surface area contributed by atoms with Gasteiger partial charge in [0.15, 0.2) is 20.8 Å². The van der Waals surface area contributed by atoms with Gasteiger partial charge in [0.2, 0.25) is 0 Å². The molecule has 1 aromatic carbocycles. The van der Waals surface area contributed by atoms with Crippen LogP contribution in [-0.4, -0.2) is 65.0 Å². The van der Waals surface area contributed by atoms with Gasteiger partial charge in [0.25, 0.3) is 0 Å². The number of benzene rings is 1. The fourth-order valence-corrected chi connectivity index (χ4v) is 7.03. The quantitative estimate of drug-likeness (QED) is 0.356. The summed E-state index contributed by atoms with van der Waals surface area (Å²) in [5.74, 6) is 2.13. The van der Waals surface area contributed by atoms with Gasteiger partial charge >= 0.3 is 0 Å². The standard InChI is InChI=1S/C26H33N7O3S2/c1-3-38(34,35)26(9-4-10-26)21-15-23(33-13-14-36-17-18(33)2)32-24(31-21)19-5-7-20(8-6-19)30-25(37)29-16-22-27-11-12-28-22/h5-8,11-12,15,18H,3-4,9-10,13-14,16-17H2,1-2H3,(H,27,28)(H2,29,30,37)/t18-/m0/s1. The van der Waals surface area contributed by atoms with Crippen LogP contribution in [0.4, 0.5) is 11.5 Å². The lowest BCUT2D eigenvalue weighted by Crippen LogP contribution is -2.46. The fourth-order valence-electron chi connectivity index (χ4n) is 4.95. The number of hydrogen-bond acceptors (Lipinski definition) is 8. The highest BCUT2D eigenvalue weighted by atomic mass is 32.2. The lowest BCUT2D eigenvalue weighted by atomic mass is 9.81. The first-order chi connectivity index (χ1) is 18.3. The van der Waals surface area contributed by atoms with Crippen LogP contribution < -0.4 is 15.5 Å². The molecular formula is C26H33N7O3S2. The van der Waals surface area contributed by atoms with Crippen molar-refractivity contribution in [3.8, 4) is 11.4 Å². The molecule has 5 rings (SSSR count). The van der Waals surface area contributed by atoms with Gasteiger partial charge in [-0.3, -0.25) is 0 Å². The maximum absolute atomic E-state index is 13.3. The van der Waals surface area contributed by atoms with Crippen LogP contribution in [0.1, 0.15) is 44.6 Å². The fraction of sp³-hybridized carbons (Fsp3) is 0.462. The second kappa shape index (κ2) is 11.0. The van der Waals surface area contributed by atoms with E-state index in [4.69, 9.17) is 26.9 Å². The van der Waals surface area contributed by atoms with Crippen molar-refractivity contribution in [3.05, 3.63) is 54.2 Å². The third kappa shape index (κ3) is 5.25. The molecule has 0 radical (unpaired) electrons. The topological polar surface area (TPSA) is 125 Å². The second-order valence-electron chi connectivity index (χ2n) is 9.72. The van der Waals surface area contributed by atoms with Crippen molar-refractivity contribution >= 4 is 38.7 Å². The summed E-state index contributed by atoms with van der Waals surface area (Å²) in [5, 5.41) is 6.76. The molecule has 1 atom stereocenters. The Hall–Kier alpha value is -3.09. The Bertz CT molecular complexity index is 1370. The minimum Gasteiger partial charge on any atom is -0.377 e. The van der Waals surface area contributed by atoms with Crippen molar-refractivity contribution in [2.24, 2.45) is 0 Å². The van der Waals surface area contributed by atoms with Gasteiger partial charge in [0, 0.05) is 42.0 Å². The third-order valence-electron chi connectivity index (χ3n) is 7.35. The molecule has 3 N–H and O–H groups in total. The number of aromatic nitrogens is 4. The number of nitrogens with one attached hydrogen (secondary N) is 3. The van der Waals surface area contributed by atoms with Crippen LogP contribution in [-0.2, 0) is 25.9 Å². The number of H-pyrrole nitrogens is 1. The summed E-state index contributed by atoms with van der Waals surface area (Å²) in [6.45, 7) is 6.18. The van der Waals surface area contributed by atoms with E-state index in [-0.39, 0.29) is 11.8 Å². The molecule has 202 valence electrons. The van der Waals surface area contributed by atoms with Crippen molar-refractivity contribution in [1.29, 1.82) is 0 Å². The Morgan fingerprint density at radius 2 is 2.05 bits per heavy atom. The summed E-state index contributed by atoms with van der Waals surface area (Å²) in [4.78, 5) is 19.1. The smallest absolute Gasteiger partial charge is 0.171 e. The molecule has 1 aliphatic carbocycles. The van der Waals surface area contributed by atoms with E-state index in [2.05, 4.69) is 32.4 Å². The average Bonchev–Trinajstić information content (AvgIpc) is 3.41. The summed E-state index contributed by atoms with van der Waals surface area (Å²) in [6.07, 6.45) is 5.50. The van der Waals surface area contributed by atoms with Crippen LogP contribution in [0.15, 0.2) is 42.7 Å². The molecule has 2 aliphatic rings. The molecule has 1 aliphatic heterocycles. The van der Waals surface area contributed by atoms with Gasteiger partial charge in [-0.05, 0) is 62.7 Å². The van der Waals surface area contributed by atoms with Gasteiger partial charge < -0.3 is 25.3 Å². The van der Waals surface area contributed by atoms with Crippen LogP contribution >= 0.6 is 12.2 Å². The number of imidazole rings is 1. The molecule has 3 heterocycles. The van der Waals surface area contributed by atoms with Gasteiger partial charge in [-0.25, -0.2) is 23.4 Å². The lowest BCUT2D eigenvalue weighted by Gasteiger charge is -2.41. The Morgan fingerprint density at radius 1 is 1.26 bits per heavy atom. The van der Waals surface area contributed by atoms with E-state index in [1.807, 2.05) is 30.3 Å². The zero-order valence-corrected chi connectivity index (χ0v) is 23.2. The predicted molar refractivity (Wildman–Crippen MR) is 152 cm³/mol. The zero-order chi connectivity index (χ0) is 26.8. The first kappa shape index (κ1) is 26.5. The molecule has 0 unspecified atom stereocenters. The van der Waals surface area contributed by atoms with Gasteiger partial charge in [-0.2, -0.15) is 0 Å².